The van der Waals surface area contributed by atoms with Gasteiger partial charge >= 0.3 is 12.4 Å². The van der Waals surface area contributed by atoms with Gasteiger partial charge < -0.3 is 10.1 Å². The zero-order valence-corrected chi connectivity index (χ0v) is 27.2. The lowest BCUT2D eigenvalue weighted by Crippen LogP contribution is -2.56. The van der Waals surface area contributed by atoms with Gasteiger partial charge in [-0.3, -0.25) is 9.78 Å². The maximum absolute atomic E-state index is 14.5. The molecule has 1 N–H and O–H groups in total. The highest BCUT2D eigenvalue weighted by atomic mass is 32.2. The van der Waals surface area contributed by atoms with Crippen molar-refractivity contribution in [3.8, 4) is 0 Å². The van der Waals surface area contributed by atoms with Crippen molar-refractivity contribution in [1.82, 2.24) is 10.3 Å². The summed E-state index contributed by atoms with van der Waals surface area (Å²) in [4.78, 5) is 16.3. The quantitative estimate of drug-likeness (QED) is 0.132. The Morgan fingerprint density at radius 3 is 1.88 bits per heavy atom. The minimum atomic E-state index is -6.21. The number of nitrogens with one attached hydrogen (secondary N) is 1. The predicted molar refractivity (Wildman–Crippen MR) is 165 cm³/mol. The molecule has 272 valence electrons. The summed E-state index contributed by atoms with van der Waals surface area (Å²) in [5.74, 6) is -3.98. The number of pyridine rings is 1. The van der Waals surface area contributed by atoms with Gasteiger partial charge in [-0.05, 0) is 85.3 Å². The summed E-state index contributed by atoms with van der Waals surface area (Å²) >= 11 is 0. The predicted octanol–water partition coefficient (Wildman–Crippen LogP) is 8.01. The highest BCUT2D eigenvalue weighted by Crippen LogP contribution is 2.54. The summed E-state index contributed by atoms with van der Waals surface area (Å²) in [7, 11) is -4.50. The smallest absolute Gasteiger partial charge is 0.353 e. The maximum atomic E-state index is 14.5. The van der Waals surface area contributed by atoms with Crippen LogP contribution in [0.3, 0.4) is 0 Å². The van der Waals surface area contributed by atoms with Crippen LogP contribution in [-0.2, 0) is 42.7 Å². The number of sulfone groups is 1. The Kier molecular flexibility index (Phi) is 10.6. The van der Waals surface area contributed by atoms with Crippen molar-refractivity contribution in [2.75, 3.05) is 0 Å². The molecule has 1 aromatic heterocycles. The molecule has 1 heterocycles. The number of nitrogens with zero attached hydrogens (tertiary/aromatic N) is 1. The summed E-state index contributed by atoms with van der Waals surface area (Å²) in [6.45, 7) is -1.75. The first-order chi connectivity index (χ1) is 23.9. The van der Waals surface area contributed by atoms with E-state index < -0.39 is 73.8 Å². The van der Waals surface area contributed by atoms with Crippen LogP contribution in [0.25, 0.3) is 0 Å². The molecule has 0 unspecified atom stereocenters. The van der Waals surface area contributed by atoms with E-state index in [0.717, 1.165) is 42.5 Å². The van der Waals surface area contributed by atoms with E-state index in [-0.39, 0.29) is 48.5 Å². The molecular formula is C35H29F9N2O4S. The van der Waals surface area contributed by atoms with Gasteiger partial charge in [-0.1, -0.05) is 30.3 Å². The lowest BCUT2D eigenvalue weighted by Gasteiger charge is -2.41. The van der Waals surface area contributed by atoms with Crippen molar-refractivity contribution >= 4 is 15.7 Å². The van der Waals surface area contributed by atoms with Crippen molar-refractivity contribution in [3.05, 3.63) is 131 Å². The number of hydrogen-bond acceptors (Lipinski definition) is 5. The van der Waals surface area contributed by atoms with Crippen LogP contribution < -0.4 is 5.32 Å². The van der Waals surface area contributed by atoms with Crippen LogP contribution in [0.4, 0.5) is 39.5 Å². The van der Waals surface area contributed by atoms with Gasteiger partial charge in [0.15, 0.2) is 9.84 Å². The number of rotatable bonds is 10. The number of alkyl halides is 6. The van der Waals surface area contributed by atoms with E-state index in [2.05, 4.69) is 15.0 Å². The first-order valence-electron chi connectivity index (χ1n) is 15.4. The number of aromatic nitrogens is 1. The lowest BCUT2D eigenvalue weighted by molar-refractivity contribution is -0.392. The normalized spacial score (nSPS) is 18.7. The fourth-order valence-corrected chi connectivity index (χ4v) is 8.50. The van der Waals surface area contributed by atoms with Crippen molar-refractivity contribution in [2.45, 2.75) is 72.3 Å². The topological polar surface area (TPSA) is 85.4 Å². The van der Waals surface area contributed by atoms with E-state index in [4.69, 9.17) is 0 Å². The first-order valence-corrected chi connectivity index (χ1v) is 16.9. The van der Waals surface area contributed by atoms with Gasteiger partial charge in [-0.2, -0.15) is 26.3 Å². The maximum Gasteiger partial charge on any atom is 0.430 e. The van der Waals surface area contributed by atoms with Gasteiger partial charge in [0, 0.05) is 29.6 Å². The molecule has 3 aromatic carbocycles. The third-order valence-corrected chi connectivity index (χ3v) is 11.6. The van der Waals surface area contributed by atoms with Crippen molar-refractivity contribution in [3.63, 3.8) is 0 Å². The average Bonchev–Trinajstić information content (AvgIpc) is 3.06. The second-order valence-corrected chi connectivity index (χ2v) is 14.3. The number of hydrogen-bond donors (Lipinski definition) is 1. The molecule has 0 saturated heterocycles. The largest absolute Gasteiger partial charge is 0.430 e. The van der Waals surface area contributed by atoms with Gasteiger partial charge in [-0.25, -0.2) is 21.6 Å². The Morgan fingerprint density at radius 1 is 0.804 bits per heavy atom. The molecule has 1 saturated carbocycles. The summed E-state index contributed by atoms with van der Waals surface area (Å²) in [6.07, 6.45) is -9.74. The summed E-state index contributed by atoms with van der Waals surface area (Å²) in [5.41, 5.74) is -7.26. The average molecular weight is 745 g/mol. The molecule has 0 spiro atoms. The minimum Gasteiger partial charge on any atom is -0.353 e. The molecule has 1 aliphatic rings. The fraction of sp³-hybridized carbons (Fsp3) is 0.314. The molecular weight excluding hydrogens is 715 g/mol. The molecule has 1 amide bonds. The third-order valence-electron chi connectivity index (χ3n) is 9.02. The standard InChI is InChI=1S/C35H29F9N2O4S/c36-25-8-10-27(11-9-25)51(48,49)32(16-12-26(13-17-32)46-31(47)20-22-14-18-45-19-15-22)23-4-6-24(7-5-23)33(34(39,40)41,35(42,43)44)50-21-28-29(37)2-1-3-30(28)38/h1-11,14-15,18-19,26H,12-13,16-17,20-21H2,(H,46,47). The number of halogens is 9. The van der Waals surface area contributed by atoms with Crippen LogP contribution in [0, 0.1) is 17.5 Å². The lowest BCUT2D eigenvalue weighted by atomic mass is 9.79. The Balaban J connectivity index is 1.52. The van der Waals surface area contributed by atoms with Crippen LogP contribution >= 0.6 is 0 Å². The zero-order chi connectivity index (χ0) is 37.2. The van der Waals surface area contributed by atoms with Crippen LogP contribution in [0.15, 0.2) is 96.2 Å². The Labute approximate surface area is 286 Å². The van der Waals surface area contributed by atoms with E-state index in [9.17, 15) is 52.7 Å². The minimum absolute atomic E-state index is 0.00525. The molecule has 16 heteroatoms. The van der Waals surface area contributed by atoms with Crippen molar-refractivity contribution < 1.29 is 57.5 Å². The number of amides is 1. The van der Waals surface area contributed by atoms with Crippen molar-refractivity contribution in [2.24, 2.45) is 0 Å². The van der Waals surface area contributed by atoms with Crippen LogP contribution in [-0.4, -0.2) is 37.7 Å². The zero-order valence-electron chi connectivity index (χ0n) is 26.4. The molecule has 0 atom stereocenters. The van der Waals surface area contributed by atoms with Gasteiger partial charge in [0.05, 0.1) is 17.9 Å². The Bertz CT molecular complexity index is 1910. The first kappa shape index (κ1) is 37.8. The van der Waals surface area contributed by atoms with Crippen LogP contribution in [0.1, 0.15) is 47.9 Å². The van der Waals surface area contributed by atoms with E-state index in [1.54, 1.807) is 12.1 Å². The van der Waals surface area contributed by atoms with E-state index in [1.165, 1.54) is 12.4 Å². The molecule has 1 fully saturated rings. The second-order valence-electron chi connectivity index (χ2n) is 12.1. The number of carbonyl (C=O) groups is 1. The summed E-state index contributed by atoms with van der Waals surface area (Å²) in [5, 5.41) is 2.83. The van der Waals surface area contributed by atoms with E-state index >= 15 is 0 Å². The summed E-state index contributed by atoms with van der Waals surface area (Å²) < 4.78 is 160. The van der Waals surface area contributed by atoms with Crippen molar-refractivity contribution in [1.29, 1.82) is 0 Å². The summed E-state index contributed by atoms with van der Waals surface area (Å²) in [6, 6.07) is 11.1. The van der Waals surface area contributed by atoms with Gasteiger partial charge in [-0.15, -0.1) is 0 Å². The molecule has 51 heavy (non-hydrogen) atoms. The molecule has 6 nitrogen and oxygen atoms in total. The SMILES string of the molecule is O=C(Cc1ccncc1)NC1CCC(c2ccc(C(OCc3c(F)cccc3F)(C(F)(F)F)C(F)(F)F)cc2)(S(=O)(=O)c2ccc(F)cc2)CC1. The number of carbonyl (C=O) groups excluding carboxylic acids is 1. The Hall–Kier alpha value is -4.44. The molecule has 0 aliphatic heterocycles. The molecule has 0 radical (unpaired) electrons. The van der Waals surface area contributed by atoms with Gasteiger partial charge in [0.2, 0.25) is 5.91 Å². The van der Waals surface area contributed by atoms with Crippen LogP contribution in [0.5, 0.6) is 0 Å². The van der Waals surface area contributed by atoms with E-state index in [1.807, 2.05) is 0 Å². The van der Waals surface area contributed by atoms with E-state index in [0.29, 0.717) is 29.8 Å². The highest BCUT2D eigenvalue weighted by Gasteiger charge is 2.73. The second kappa shape index (κ2) is 14.3. The molecule has 4 aromatic rings. The van der Waals surface area contributed by atoms with Gasteiger partial charge in [0.25, 0.3) is 5.60 Å². The highest BCUT2D eigenvalue weighted by molar-refractivity contribution is 7.92. The monoisotopic (exact) mass is 744 g/mol. The Morgan fingerprint density at radius 2 is 1.35 bits per heavy atom. The fourth-order valence-electron chi connectivity index (χ4n) is 6.34. The molecule has 5 rings (SSSR count). The molecule has 1 aliphatic carbocycles. The number of ether oxygens (including phenoxy) is 1. The van der Waals surface area contributed by atoms with Crippen LogP contribution in [0.2, 0.25) is 0 Å². The number of benzene rings is 3. The van der Waals surface area contributed by atoms with Gasteiger partial charge in [0.1, 0.15) is 22.2 Å². The molecule has 0 bridgehead atoms. The third kappa shape index (κ3) is 7.34.